The highest BCUT2D eigenvalue weighted by atomic mass is 35.5. The van der Waals surface area contributed by atoms with Crippen LogP contribution in [0.5, 0.6) is 0 Å². The largest absolute Gasteiger partial charge is 0.380 e. The molecule has 2 N–H and O–H groups in total. The van der Waals surface area contributed by atoms with Gasteiger partial charge in [-0.2, -0.15) is 0 Å². The summed E-state index contributed by atoms with van der Waals surface area (Å²) in [6, 6.07) is 3.87. The van der Waals surface area contributed by atoms with Gasteiger partial charge >= 0.3 is 0 Å². The van der Waals surface area contributed by atoms with Crippen LogP contribution in [0.2, 0.25) is 10.0 Å². The number of nitrogens with zero attached hydrogens (tertiary/aromatic N) is 1. The van der Waals surface area contributed by atoms with Crippen LogP contribution in [-0.4, -0.2) is 44.0 Å². The SMILES string of the molecule is CN(C)C(=O)c1c(Cl)cc(NC2CNC2)cc1Cl.Cl. The minimum absolute atomic E-state index is 0. The van der Waals surface area contributed by atoms with Crippen molar-refractivity contribution in [1.29, 1.82) is 0 Å². The van der Waals surface area contributed by atoms with E-state index in [-0.39, 0.29) is 18.3 Å². The topological polar surface area (TPSA) is 44.4 Å². The molecule has 0 saturated carbocycles. The molecule has 0 unspecified atom stereocenters. The molecule has 1 heterocycles. The summed E-state index contributed by atoms with van der Waals surface area (Å²) in [5, 5.41) is 7.21. The third-order valence-electron chi connectivity index (χ3n) is 2.81. The van der Waals surface area contributed by atoms with Crippen molar-refractivity contribution in [2.24, 2.45) is 0 Å². The van der Waals surface area contributed by atoms with E-state index >= 15 is 0 Å². The maximum absolute atomic E-state index is 11.9. The highest BCUT2D eigenvalue weighted by Crippen LogP contribution is 2.30. The Morgan fingerprint density at radius 2 is 1.84 bits per heavy atom. The second kappa shape index (κ2) is 6.66. The van der Waals surface area contributed by atoms with Crippen LogP contribution in [0.3, 0.4) is 0 Å². The van der Waals surface area contributed by atoms with E-state index in [1.807, 2.05) is 0 Å². The second-order valence-electron chi connectivity index (χ2n) is 4.51. The number of halogens is 3. The minimum atomic E-state index is -0.193. The predicted octanol–water partition coefficient (Wildman–Crippen LogP) is 2.50. The number of amides is 1. The normalized spacial score (nSPS) is 14.3. The van der Waals surface area contributed by atoms with Crippen molar-refractivity contribution in [3.63, 3.8) is 0 Å². The molecule has 106 valence electrons. The number of benzene rings is 1. The highest BCUT2D eigenvalue weighted by Gasteiger charge is 2.20. The van der Waals surface area contributed by atoms with Crippen molar-refractivity contribution in [2.75, 3.05) is 32.5 Å². The van der Waals surface area contributed by atoms with Gasteiger partial charge in [-0.05, 0) is 12.1 Å². The van der Waals surface area contributed by atoms with Crippen LogP contribution in [0.1, 0.15) is 10.4 Å². The van der Waals surface area contributed by atoms with E-state index in [1.54, 1.807) is 26.2 Å². The van der Waals surface area contributed by atoms with Gasteiger partial charge in [-0.25, -0.2) is 0 Å². The number of hydrogen-bond acceptors (Lipinski definition) is 3. The van der Waals surface area contributed by atoms with Crippen molar-refractivity contribution in [2.45, 2.75) is 6.04 Å². The van der Waals surface area contributed by atoms with Crippen LogP contribution in [0.25, 0.3) is 0 Å². The fourth-order valence-electron chi connectivity index (χ4n) is 1.71. The van der Waals surface area contributed by atoms with Crippen LogP contribution in [0.4, 0.5) is 5.69 Å². The van der Waals surface area contributed by atoms with Crippen molar-refractivity contribution in [3.05, 3.63) is 27.7 Å². The summed E-state index contributed by atoms with van der Waals surface area (Å²) in [6.07, 6.45) is 0. The third-order valence-corrected chi connectivity index (χ3v) is 3.41. The van der Waals surface area contributed by atoms with Crippen molar-refractivity contribution in [1.82, 2.24) is 10.2 Å². The lowest BCUT2D eigenvalue weighted by Crippen LogP contribution is -2.51. The third kappa shape index (κ3) is 3.66. The Labute approximate surface area is 128 Å². The molecule has 1 fully saturated rings. The molecular formula is C12H16Cl3N3O. The highest BCUT2D eigenvalue weighted by molar-refractivity contribution is 6.40. The number of rotatable bonds is 3. The Morgan fingerprint density at radius 3 is 2.21 bits per heavy atom. The molecule has 19 heavy (non-hydrogen) atoms. The Morgan fingerprint density at radius 1 is 1.32 bits per heavy atom. The molecule has 1 amide bonds. The number of hydrogen-bond donors (Lipinski definition) is 2. The lowest BCUT2D eigenvalue weighted by Gasteiger charge is -2.29. The Bertz CT molecular complexity index is 452. The number of nitrogens with one attached hydrogen (secondary N) is 2. The monoisotopic (exact) mass is 323 g/mol. The van der Waals surface area contributed by atoms with E-state index in [2.05, 4.69) is 10.6 Å². The van der Waals surface area contributed by atoms with Gasteiger partial charge in [-0.3, -0.25) is 4.79 Å². The molecule has 1 aliphatic heterocycles. The Kier molecular flexibility index (Phi) is 5.74. The maximum Gasteiger partial charge on any atom is 0.256 e. The first-order valence-corrected chi connectivity index (χ1v) is 6.42. The van der Waals surface area contributed by atoms with Crippen LogP contribution in [0.15, 0.2) is 12.1 Å². The van der Waals surface area contributed by atoms with Gasteiger partial charge in [0.1, 0.15) is 0 Å². The number of carbonyl (C=O) groups is 1. The summed E-state index contributed by atoms with van der Waals surface area (Å²) < 4.78 is 0. The predicted molar refractivity (Wildman–Crippen MR) is 82.0 cm³/mol. The van der Waals surface area contributed by atoms with Gasteiger partial charge in [-0.15, -0.1) is 12.4 Å². The molecule has 1 aliphatic rings. The van der Waals surface area contributed by atoms with Crippen LogP contribution in [0, 0.1) is 0 Å². The molecular weight excluding hydrogens is 309 g/mol. The summed E-state index contributed by atoms with van der Waals surface area (Å²) in [5.74, 6) is -0.193. The summed E-state index contributed by atoms with van der Waals surface area (Å²) in [4.78, 5) is 13.4. The van der Waals surface area contributed by atoms with E-state index in [9.17, 15) is 4.79 Å². The second-order valence-corrected chi connectivity index (χ2v) is 5.33. The van der Waals surface area contributed by atoms with Crippen LogP contribution in [-0.2, 0) is 0 Å². The van der Waals surface area contributed by atoms with Gasteiger partial charge in [0.05, 0.1) is 21.7 Å². The van der Waals surface area contributed by atoms with E-state index in [1.165, 1.54) is 4.90 Å². The van der Waals surface area contributed by atoms with Crippen molar-refractivity contribution in [3.8, 4) is 0 Å². The summed E-state index contributed by atoms with van der Waals surface area (Å²) in [6.45, 7) is 1.85. The van der Waals surface area contributed by atoms with Gasteiger partial charge in [0.15, 0.2) is 0 Å². The Balaban J connectivity index is 0.00000180. The average molecular weight is 325 g/mol. The average Bonchev–Trinajstić information content (AvgIpc) is 2.22. The smallest absolute Gasteiger partial charge is 0.256 e. The molecule has 1 aromatic rings. The fraction of sp³-hybridized carbons (Fsp3) is 0.417. The molecule has 1 aromatic carbocycles. The van der Waals surface area contributed by atoms with E-state index in [0.29, 0.717) is 21.7 Å². The van der Waals surface area contributed by atoms with Gasteiger partial charge in [0.25, 0.3) is 5.91 Å². The molecule has 2 rings (SSSR count). The van der Waals surface area contributed by atoms with Crippen LogP contribution >= 0.6 is 35.6 Å². The lowest BCUT2D eigenvalue weighted by atomic mass is 10.1. The van der Waals surface area contributed by atoms with Crippen LogP contribution < -0.4 is 10.6 Å². The van der Waals surface area contributed by atoms with Crippen molar-refractivity contribution < 1.29 is 4.79 Å². The summed E-state index contributed by atoms with van der Waals surface area (Å²) in [7, 11) is 3.34. The zero-order valence-corrected chi connectivity index (χ0v) is 13.0. The van der Waals surface area contributed by atoms with Gasteiger partial charge in [-0.1, -0.05) is 23.2 Å². The first kappa shape index (κ1) is 16.4. The first-order valence-electron chi connectivity index (χ1n) is 5.67. The quantitative estimate of drug-likeness (QED) is 0.898. The molecule has 7 heteroatoms. The lowest BCUT2D eigenvalue weighted by molar-refractivity contribution is 0.0828. The standard InChI is InChI=1S/C12H15Cl2N3O.ClH/c1-17(2)12(18)11-9(13)3-7(4-10(11)14)16-8-5-15-6-8;/h3-4,8,15-16H,5-6H2,1-2H3;1H. The van der Waals surface area contributed by atoms with E-state index < -0.39 is 0 Å². The molecule has 0 aliphatic carbocycles. The van der Waals surface area contributed by atoms with Crippen molar-refractivity contribution >= 4 is 47.2 Å². The fourth-order valence-corrected chi connectivity index (χ4v) is 2.36. The maximum atomic E-state index is 11.9. The number of anilines is 1. The molecule has 0 bridgehead atoms. The summed E-state index contributed by atoms with van der Waals surface area (Å²) >= 11 is 12.3. The molecule has 0 aromatic heterocycles. The zero-order valence-electron chi connectivity index (χ0n) is 10.7. The molecule has 0 radical (unpaired) electrons. The zero-order chi connectivity index (χ0) is 13.3. The summed E-state index contributed by atoms with van der Waals surface area (Å²) in [5.41, 5.74) is 1.19. The van der Waals surface area contributed by atoms with Gasteiger partial charge in [0, 0.05) is 32.9 Å². The minimum Gasteiger partial charge on any atom is -0.380 e. The molecule has 1 saturated heterocycles. The molecule has 0 atom stereocenters. The van der Waals surface area contributed by atoms with Gasteiger partial charge in [0.2, 0.25) is 0 Å². The van der Waals surface area contributed by atoms with E-state index in [4.69, 9.17) is 23.2 Å². The van der Waals surface area contributed by atoms with E-state index in [0.717, 1.165) is 18.8 Å². The first-order chi connectivity index (χ1) is 8.49. The van der Waals surface area contributed by atoms with Gasteiger partial charge < -0.3 is 15.5 Å². The number of carbonyl (C=O) groups excluding carboxylic acids is 1. The molecule has 4 nitrogen and oxygen atoms in total. The Hall–Kier alpha value is -0.680. The molecule has 0 spiro atoms.